The molecule has 1 amide bonds. The van der Waals surface area contributed by atoms with E-state index in [1.165, 1.54) is 12.3 Å². The number of nitrogens with zero attached hydrogens (tertiary/aromatic N) is 2. The Morgan fingerprint density at radius 2 is 1.93 bits per heavy atom. The van der Waals surface area contributed by atoms with Gasteiger partial charge in [0, 0.05) is 24.5 Å². The van der Waals surface area contributed by atoms with Crippen molar-refractivity contribution in [2.75, 3.05) is 10.6 Å². The molecule has 1 aliphatic rings. The smallest absolute Gasteiger partial charge is 0.252 e. The molecule has 4 rings (SSSR count). The lowest BCUT2D eigenvalue weighted by atomic mass is 9.90. The van der Waals surface area contributed by atoms with Crippen LogP contribution in [-0.2, 0) is 0 Å². The number of pyridine rings is 2. The third kappa shape index (κ3) is 3.84. The number of halogens is 1. The monoisotopic (exact) mass is 394 g/mol. The minimum atomic E-state index is -0.599. The Morgan fingerprint density at radius 3 is 2.72 bits per heavy atom. The van der Waals surface area contributed by atoms with Gasteiger partial charge in [-0.3, -0.25) is 9.78 Å². The number of hydrogen-bond acceptors (Lipinski definition) is 6. The molecule has 7 nitrogen and oxygen atoms in total. The molecule has 3 aromatic rings. The highest BCUT2D eigenvalue weighted by atomic mass is 19.1. The molecular formula is C21H23FN6O. The van der Waals surface area contributed by atoms with Gasteiger partial charge in [-0.2, -0.15) is 0 Å². The number of carbonyl (C=O) groups is 1. The van der Waals surface area contributed by atoms with Crippen molar-refractivity contribution in [3.8, 4) is 0 Å². The number of amides is 1. The summed E-state index contributed by atoms with van der Waals surface area (Å²) in [6.45, 7) is 0. The molecule has 2 heterocycles. The molecule has 1 aliphatic carbocycles. The number of hydrogen-bond donors (Lipinski definition) is 4. The van der Waals surface area contributed by atoms with Crippen molar-refractivity contribution in [2.45, 2.75) is 37.8 Å². The number of nitrogens with one attached hydrogen (secondary N) is 2. The summed E-state index contributed by atoms with van der Waals surface area (Å²) in [6.07, 6.45) is 6.96. The van der Waals surface area contributed by atoms with E-state index in [1.807, 2.05) is 0 Å². The minimum absolute atomic E-state index is 0.00819. The van der Waals surface area contributed by atoms with Crippen LogP contribution in [0.2, 0.25) is 0 Å². The van der Waals surface area contributed by atoms with Crippen LogP contribution in [0.4, 0.5) is 21.6 Å². The molecule has 0 spiro atoms. The SMILES string of the molecule is NC(=O)c1cccnc1Nc1ccc2nccc(F)c2c1NC1CCCCC1N. The maximum Gasteiger partial charge on any atom is 0.252 e. The van der Waals surface area contributed by atoms with E-state index < -0.39 is 5.91 Å². The van der Waals surface area contributed by atoms with Crippen LogP contribution in [0, 0.1) is 5.82 Å². The Labute approximate surface area is 167 Å². The summed E-state index contributed by atoms with van der Waals surface area (Å²) in [5.74, 6) is -0.681. The molecule has 0 bridgehead atoms. The number of nitrogens with two attached hydrogens (primary N) is 2. The predicted molar refractivity (Wildman–Crippen MR) is 112 cm³/mol. The van der Waals surface area contributed by atoms with Crippen molar-refractivity contribution in [3.63, 3.8) is 0 Å². The maximum atomic E-state index is 14.8. The van der Waals surface area contributed by atoms with Crippen LogP contribution in [0.25, 0.3) is 10.9 Å². The van der Waals surface area contributed by atoms with E-state index in [2.05, 4.69) is 20.6 Å². The molecule has 1 aromatic carbocycles. The van der Waals surface area contributed by atoms with Gasteiger partial charge in [0.25, 0.3) is 5.91 Å². The molecule has 1 saturated carbocycles. The summed E-state index contributed by atoms with van der Waals surface area (Å²) in [5, 5.41) is 6.94. The second-order valence-corrected chi connectivity index (χ2v) is 7.26. The van der Waals surface area contributed by atoms with E-state index in [9.17, 15) is 9.18 Å². The van der Waals surface area contributed by atoms with Crippen molar-refractivity contribution in [1.82, 2.24) is 9.97 Å². The number of fused-ring (bicyclic) bond motifs is 1. The van der Waals surface area contributed by atoms with Gasteiger partial charge in [0.15, 0.2) is 0 Å². The quantitative estimate of drug-likeness (QED) is 0.527. The lowest BCUT2D eigenvalue weighted by Gasteiger charge is -2.31. The van der Waals surface area contributed by atoms with E-state index in [0.717, 1.165) is 25.7 Å². The van der Waals surface area contributed by atoms with Crippen molar-refractivity contribution in [3.05, 3.63) is 54.1 Å². The van der Waals surface area contributed by atoms with E-state index in [-0.39, 0.29) is 23.5 Å². The maximum absolute atomic E-state index is 14.8. The zero-order valence-corrected chi connectivity index (χ0v) is 15.9. The normalized spacial score (nSPS) is 19.1. The van der Waals surface area contributed by atoms with E-state index in [1.54, 1.807) is 30.5 Å². The first-order chi connectivity index (χ1) is 14.0. The Hall–Kier alpha value is -3.26. The van der Waals surface area contributed by atoms with Crippen LogP contribution in [0.3, 0.4) is 0 Å². The van der Waals surface area contributed by atoms with Crippen molar-refractivity contribution >= 4 is 34.0 Å². The molecule has 8 heteroatoms. The number of benzene rings is 1. The highest BCUT2D eigenvalue weighted by Crippen LogP contribution is 2.36. The van der Waals surface area contributed by atoms with Crippen LogP contribution in [0.5, 0.6) is 0 Å². The topological polar surface area (TPSA) is 119 Å². The zero-order valence-electron chi connectivity index (χ0n) is 15.9. The Bertz CT molecular complexity index is 1060. The summed E-state index contributed by atoms with van der Waals surface area (Å²) < 4.78 is 14.8. The van der Waals surface area contributed by atoms with Gasteiger partial charge < -0.3 is 22.1 Å². The van der Waals surface area contributed by atoms with Gasteiger partial charge in [0.2, 0.25) is 0 Å². The van der Waals surface area contributed by atoms with E-state index >= 15 is 0 Å². The van der Waals surface area contributed by atoms with Crippen LogP contribution < -0.4 is 22.1 Å². The van der Waals surface area contributed by atoms with Crippen molar-refractivity contribution < 1.29 is 9.18 Å². The molecule has 150 valence electrons. The molecule has 2 atom stereocenters. The largest absolute Gasteiger partial charge is 0.378 e. The molecule has 2 unspecified atom stereocenters. The Kier molecular flexibility index (Phi) is 5.26. The summed E-state index contributed by atoms with van der Waals surface area (Å²) in [4.78, 5) is 20.3. The van der Waals surface area contributed by atoms with Gasteiger partial charge in [-0.1, -0.05) is 12.8 Å². The number of primary amides is 1. The fourth-order valence-electron chi connectivity index (χ4n) is 3.82. The summed E-state index contributed by atoms with van der Waals surface area (Å²) in [5.41, 5.74) is 13.7. The first kappa shape index (κ1) is 19.1. The molecule has 29 heavy (non-hydrogen) atoms. The van der Waals surface area contributed by atoms with Crippen LogP contribution >= 0.6 is 0 Å². The van der Waals surface area contributed by atoms with Gasteiger partial charge in [-0.25, -0.2) is 9.37 Å². The van der Waals surface area contributed by atoms with Gasteiger partial charge >= 0.3 is 0 Å². The van der Waals surface area contributed by atoms with Gasteiger partial charge in [-0.05, 0) is 43.2 Å². The number of aromatic nitrogens is 2. The average Bonchev–Trinajstić information content (AvgIpc) is 2.71. The Morgan fingerprint density at radius 1 is 1.10 bits per heavy atom. The number of carbonyl (C=O) groups excluding carboxylic acids is 1. The summed E-state index contributed by atoms with van der Waals surface area (Å²) >= 11 is 0. The van der Waals surface area contributed by atoms with E-state index in [4.69, 9.17) is 11.5 Å². The summed E-state index contributed by atoms with van der Waals surface area (Å²) in [7, 11) is 0. The lowest BCUT2D eigenvalue weighted by molar-refractivity contribution is 0.100. The molecule has 0 aliphatic heterocycles. The van der Waals surface area contributed by atoms with Crippen LogP contribution in [-0.4, -0.2) is 28.0 Å². The number of rotatable bonds is 5. The van der Waals surface area contributed by atoms with Gasteiger partial charge in [0.05, 0.1) is 27.8 Å². The van der Waals surface area contributed by atoms with E-state index in [0.29, 0.717) is 28.1 Å². The lowest BCUT2D eigenvalue weighted by Crippen LogP contribution is -2.42. The molecule has 6 N–H and O–H groups in total. The Balaban J connectivity index is 1.81. The minimum Gasteiger partial charge on any atom is -0.378 e. The van der Waals surface area contributed by atoms with Crippen molar-refractivity contribution in [1.29, 1.82) is 0 Å². The fraction of sp³-hybridized carbons (Fsp3) is 0.286. The highest BCUT2D eigenvalue weighted by Gasteiger charge is 2.24. The molecule has 2 aromatic heterocycles. The highest BCUT2D eigenvalue weighted by molar-refractivity contribution is 6.02. The third-order valence-electron chi connectivity index (χ3n) is 5.33. The molecular weight excluding hydrogens is 371 g/mol. The van der Waals surface area contributed by atoms with Crippen LogP contribution in [0.1, 0.15) is 36.0 Å². The third-order valence-corrected chi connectivity index (χ3v) is 5.33. The zero-order chi connectivity index (χ0) is 20.4. The molecule has 0 radical (unpaired) electrons. The predicted octanol–water partition coefficient (Wildman–Crippen LogP) is 3.29. The fourth-order valence-corrected chi connectivity index (χ4v) is 3.82. The number of anilines is 3. The summed E-state index contributed by atoms with van der Waals surface area (Å²) in [6, 6.07) is 8.04. The second-order valence-electron chi connectivity index (χ2n) is 7.26. The van der Waals surface area contributed by atoms with Gasteiger partial charge in [-0.15, -0.1) is 0 Å². The average molecular weight is 394 g/mol. The first-order valence-corrected chi connectivity index (χ1v) is 9.66. The molecule has 0 saturated heterocycles. The van der Waals surface area contributed by atoms with Crippen LogP contribution in [0.15, 0.2) is 42.7 Å². The molecule has 1 fully saturated rings. The van der Waals surface area contributed by atoms with Crippen molar-refractivity contribution in [2.24, 2.45) is 11.5 Å². The standard InChI is InChI=1S/C21H23FN6O/c22-13-9-11-25-16-7-8-17(28-21-12(20(24)29)4-3-10-26-21)19(18(13)16)27-15-6-2-1-5-14(15)23/h3-4,7-11,14-15,27H,1-2,5-6,23H2,(H2,24,29)(H,26,28). The second kappa shape index (κ2) is 8.00. The first-order valence-electron chi connectivity index (χ1n) is 9.66. The van der Waals surface area contributed by atoms with Gasteiger partial charge in [0.1, 0.15) is 11.6 Å².